The van der Waals surface area contributed by atoms with Crippen molar-refractivity contribution in [2.75, 3.05) is 5.33 Å². The van der Waals surface area contributed by atoms with Crippen molar-refractivity contribution >= 4 is 63.7 Å². The minimum atomic E-state index is 0.483. The molecule has 0 aliphatic rings. The molecule has 0 aromatic heterocycles. The summed E-state index contributed by atoms with van der Waals surface area (Å²) in [5, 5.41) is 0.971. The fourth-order valence-corrected chi connectivity index (χ4v) is 2.70. The summed E-state index contributed by atoms with van der Waals surface area (Å²) in [6.07, 6.45) is 0. The minimum absolute atomic E-state index is 0.483. The van der Waals surface area contributed by atoms with E-state index in [2.05, 4.69) is 70.6 Å². The van der Waals surface area contributed by atoms with Crippen molar-refractivity contribution in [1.82, 2.24) is 0 Å². The van der Waals surface area contributed by atoms with Gasteiger partial charge < -0.3 is 0 Å². The second-order valence-corrected chi connectivity index (χ2v) is 6.12. The first kappa shape index (κ1) is 10.9. The normalized spacial score (nSPS) is 21.0. The standard InChI is InChI=1S/C5H8Br4/c1-3(7)5(9)4(8)2-6/h3-5H,2H2,1H3/t3-,4-,5-/m1/s1. The average Bonchev–Trinajstić information content (AvgIpc) is 1.84. The highest BCUT2D eigenvalue weighted by Gasteiger charge is 2.18. The predicted octanol–water partition coefficient (Wildman–Crippen LogP) is 3.69. The Kier molecular flexibility index (Phi) is 6.74. The van der Waals surface area contributed by atoms with Crippen molar-refractivity contribution in [3.63, 3.8) is 0 Å². The molecule has 3 atom stereocenters. The summed E-state index contributed by atoms with van der Waals surface area (Å²) in [6, 6.07) is 0. The van der Waals surface area contributed by atoms with Gasteiger partial charge in [0.1, 0.15) is 0 Å². The Hall–Kier alpha value is 1.92. The Morgan fingerprint density at radius 1 is 1.22 bits per heavy atom. The Morgan fingerprint density at radius 2 is 1.67 bits per heavy atom. The maximum Gasteiger partial charge on any atom is 0.0401 e. The van der Waals surface area contributed by atoms with Gasteiger partial charge in [-0.05, 0) is 0 Å². The molecule has 0 unspecified atom stereocenters. The predicted molar refractivity (Wildman–Crippen MR) is 57.6 cm³/mol. The molecule has 0 heterocycles. The van der Waals surface area contributed by atoms with Gasteiger partial charge in [-0.25, -0.2) is 0 Å². The molecule has 0 radical (unpaired) electrons. The largest absolute Gasteiger partial charge is 0.0916 e. The highest BCUT2D eigenvalue weighted by atomic mass is 79.9. The van der Waals surface area contributed by atoms with Gasteiger partial charge in [0, 0.05) is 19.8 Å². The smallest absolute Gasteiger partial charge is 0.0401 e. The van der Waals surface area contributed by atoms with Crippen LogP contribution in [0.15, 0.2) is 0 Å². The van der Waals surface area contributed by atoms with Crippen molar-refractivity contribution in [3.8, 4) is 0 Å². The number of alkyl halides is 4. The third-order valence-corrected chi connectivity index (χ3v) is 6.81. The van der Waals surface area contributed by atoms with E-state index in [1.807, 2.05) is 0 Å². The molecule has 0 fully saturated rings. The van der Waals surface area contributed by atoms with Crippen molar-refractivity contribution in [3.05, 3.63) is 0 Å². The van der Waals surface area contributed by atoms with Crippen molar-refractivity contribution in [2.45, 2.75) is 21.4 Å². The van der Waals surface area contributed by atoms with E-state index < -0.39 is 0 Å². The third kappa shape index (κ3) is 4.38. The van der Waals surface area contributed by atoms with E-state index in [-0.39, 0.29) is 0 Å². The molecule has 0 amide bonds. The lowest BCUT2D eigenvalue weighted by atomic mass is 10.3. The highest BCUT2D eigenvalue weighted by molar-refractivity contribution is 9.14. The first-order valence-corrected chi connectivity index (χ1v) is 6.44. The molecule has 0 N–H and O–H groups in total. The monoisotopic (exact) mass is 384 g/mol. The Bertz CT molecular complexity index is 73.4. The molecule has 9 heavy (non-hydrogen) atoms. The minimum Gasteiger partial charge on any atom is -0.0916 e. The molecule has 0 saturated heterocycles. The molecule has 0 aromatic rings. The fraction of sp³-hybridized carbons (Fsp3) is 1.00. The van der Waals surface area contributed by atoms with Crippen LogP contribution < -0.4 is 0 Å². The summed E-state index contributed by atoms with van der Waals surface area (Å²) >= 11 is 13.9. The van der Waals surface area contributed by atoms with Crippen molar-refractivity contribution < 1.29 is 0 Å². The maximum absolute atomic E-state index is 3.54. The van der Waals surface area contributed by atoms with Gasteiger partial charge in [0.2, 0.25) is 0 Å². The molecule has 0 saturated carbocycles. The van der Waals surface area contributed by atoms with E-state index >= 15 is 0 Å². The quantitative estimate of drug-likeness (QED) is 0.648. The fourth-order valence-electron chi connectivity index (χ4n) is 0.373. The Morgan fingerprint density at radius 3 is 1.78 bits per heavy atom. The van der Waals surface area contributed by atoms with Crippen LogP contribution in [-0.4, -0.2) is 19.8 Å². The lowest BCUT2D eigenvalue weighted by Crippen LogP contribution is -2.22. The highest BCUT2D eigenvalue weighted by Crippen LogP contribution is 2.23. The van der Waals surface area contributed by atoms with Crippen LogP contribution in [0, 0.1) is 0 Å². The zero-order valence-electron chi connectivity index (χ0n) is 4.95. The Balaban J connectivity index is 3.58. The van der Waals surface area contributed by atoms with Crippen LogP contribution in [0.2, 0.25) is 0 Å². The van der Waals surface area contributed by atoms with Gasteiger partial charge in [-0.15, -0.1) is 0 Å². The van der Waals surface area contributed by atoms with Crippen molar-refractivity contribution in [1.29, 1.82) is 0 Å². The van der Waals surface area contributed by atoms with Gasteiger partial charge in [-0.2, -0.15) is 0 Å². The summed E-state index contributed by atoms with van der Waals surface area (Å²) < 4.78 is 0. The van der Waals surface area contributed by atoms with E-state index in [1.165, 1.54) is 0 Å². The van der Waals surface area contributed by atoms with Gasteiger partial charge >= 0.3 is 0 Å². The van der Waals surface area contributed by atoms with Gasteiger partial charge in [-0.1, -0.05) is 70.6 Å². The first-order chi connectivity index (χ1) is 4.09. The van der Waals surface area contributed by atoms with E-state index in [4.69, 9.17) is 0 Å². The number of halogens is 4. The molecule has 0 aliphatic heterocycles. The summed E-state index contributed by atoms with van der Waals surface area (Å²) in [7, 11) is 0. The third-order valence-electron chi connectivity index (χ3n) is 0.932. The maximum atomic E-state index is 3.54. The first-order valence-electron chi connectivity index (χ1n) is 2.57. The lowest BCUT2D eigenvalue weighted by molar-refractivity contribution is 0.868. The van der Waals surface area contributed by atoms with Crippen LogP contribution >= 0.6 is 63.7 Å². The number of hydrogen-bond acceptors (Lipinski definition) is 0. The second-order valence-electron chi connectivity index (χ2n) is 1.79. The van der Waals surface area contributed by atoms with Crippen LogP contribution in [-0.2, 0) is 0 Å². The number of hydrogen-bond donors (Lipinski definition) is 0. The molecular formula is C5H8Br4. The van der Waals surface area contributed by atoms with Gasteiger partial charge in [0.05, 0.1) is 0 Å². The van der Waals surface area contributed by atoms with Crippen LogP contribution in [0.4, 0.5) is 0 Å². The molecule has 4 heteroatoms. The molecule has 0 aliphatic carbocycles. The van der Waals surface area contributed by atoms with Crippen LogP contribution in [0.1, 0.15) is 6.92 Å². The summed E-state index contributed by atoms with van der Waals surface area (Å²) in [5.74, 6) is 0. The van der Waals surface area contributed by atoms with E-state index in [0.29, 0.717) is 14.5 Å². The SMILES string of the molecule is C[C@@H](Br)[C@@H](Br)[C@H](Br)CBr. The summed E-state index contributed by atoms with van der Waals surface area (Å²) in [6.45, 7) is 2.12. The molecule has 0 nitrogen and oxygen atoms in total. The van der Waals surface area contributed by atoms with Gasteiger partial charge in [-0.3, -0.25) is 0 Å². The average molecular weight is 388 g/mol. The van der Waals surface area contributed by atoms with Crippen LogP contribution in [0.3, 0.4) is 0 Å². The summed E-state index contributed by atoms with van der Waals surface area (Å²) in [4.78, 5) is 1.48. The lowest BCUT2D eigenvalue weighted by Gasteiger charge is -2.15. The molecule has 0 rings (SSSR count). The van der Waals surface area contributed by atoms with E-state index in [1.54, 1.807) is 0 Å². The zero-order valence-corrected chi connectivity index (χ0v) is 11.3. The van der Waals surface area contributed by atoms with Crippen LogP contribution in [0.25, 0.3) is 0 Å². The van der Waals surface area contributed by atoms with E-state index in [9.17, 15) is 0 Å². The molecule has 0 aromatic carbocycles. The van der Waals surface area contributed by atoms with Crippen molar-refractivity contribution in [2.24, 2.45) is 0 Å². The van der Waals surface area contributed by atoms with Crippen LogP contribution in [0.5, 0.6) is 0 Å². The molecule has 0 bridgehead atoms. The zero-order chi connectivity index (χ0) is 7.44. The summed E-state index contributed by atoms with van der Waals surface area (Å²) in [5.41, 5.74) is 0. The van der Waals surface area contributed by atoms with Gasteiger partial charge in [0.15, 0.2) is 0 Å². The molecule has 56 valence electrons. The molecule has 0 spiro atoms. The second kappa shape index (κ2) is 5.56. The van der Waals surface area contributed by atoms with E-state index in [0.717, 1.165) is 5.33 Å². The molecular weight excluding hydrogens is 380 g/mol. The Labute approximate surface area is 89.7 Å². The topological polar surface area (TPSA) is 0 Å². The van der Waals surface area contributed by atoms with Gasteiger partial charge in [0.25, 0.3) is 0 Å². The number of rotatable bonds is 3.